The number of ether oxygens (including phenoxy) is 2. The van der Waals surface area contributed by atoms with Crippen molar-refractivity contribution in [2.24, 2.45) is 5.92 Å². The van der Waals surface area contributed by atoms with Crippen molar-refractivity contribution >= 4 is 31.6 Å². The maximum atomic E-state index is 16.2. The van der Waals surface area contributed by atoms with E-state index in [4.69, 9.17) is 9.47 Å². The van der Waals surface area contributed by atoms with Crippen LogP contribution in [0.25, 0.3) is 0 Å². The zero-order valence-corrected chi connectivity index (χ0v) is 28.5. The summed E-state index contributed by atoms with van der Waals surface area (Å²) in [7, 11) is -1.86. The third-order valence-corrected chi connectivity index (χ3v) is 12.6. The third-order valence-electron chi connectivity index (χ3n) is 10.1. The lowest BCUT2D eigenvalue weighted by molar-refractivity contribution is -0.274. The van der Waals surface area contributed by atoms with Gasteiger partial charge < -0.3 is 49.3 Å². The summed E-state index contributed by atoms with van der Waals surface area (Å²) in [6, 6.07) is 14.2. The van der Waals surface area contributed by atoms with E-state index in [2.05, 4.69) is 15.6 Å². The number of amides is 2. The van der Waals surface area contributed by atoms with Crippen molar-refractivity contribution in [3.63, 3.8) is 0 Å². The second-order valence-electron chi connectivity index (χ2n) is 13.6. The fourth-order valence-corrected chi connectivity index (χ4v) is 10.2. The van der Waals surface area contributed by atoms with E-state index in [0.29, 0.717) is 29.9 Å². The van der Waals surface area contributed by atoms with Gasteiger partial charge in [-0.05, 0) is 43.3 Å². The fraction of sp³-hybridized carbons (Fsp3) is 0.515. The zero-order chi connectivity index (χ0) is 35.4. The lowest BCUT2D eigenvalue weighted by Crippen LogP contribution is -2.60. The molecular weight excluding hydrogens is 657 g/mol. The Balaban J connectivity index is 1.25. The number of hydrogen-bond acceptors (Lipinski definition) is 11. The third kappa shape index (κ3) is 6.09. The smallest absolute Gasteiger partial charge is 0.264 e. The number of fused-ring (bicyclic) bond motifs is 2. The molecule has 1 spiro atoms. The molecule has 0 aliphatic carbocycles. The SMILES string of the molecule is C[C@@H]1[C@@H]([Si](C)(C)F)[C@H](CCn2cc(C(CO)c3ccccc3)nn2)O[C@@]12C(=O)N(C)c1ccc(NC(=O)[C@H]3O[C@@H](O)[C@H](O)[C@@H](O)[C@@H]3O)cc12. The Morgan fingerprint density at radius 2 is 1.82 bits per heavy atom. The standard InChI is InChI=1S/C33H42FN5O9Si/c1-17-29(49(3,4)34)24(12-13-39-15-22(36-37-39)20(16-40)18-8-6-5-7-9-18)48-33(17)21-14-19(10-11-23(21)38(2)32(33)46)35-30(44)28-26(42)25(41)27(43)31(45)47-28/h5-11,14-15,17,20,24-29,31,40-43,45H,12-13,16H2,1-4H3,(H,35,44)/t17-,20?,24+,25+,26+,27-,28+,29-,31-,33+/m1/s1. The van der Waals surface area contributed by atoms with E-state index in [-0.39, 0.29) is 24.1 Å². The molecular formula is C33H42FN5O9Si. The molecule has 0 bridgehead atoms. The number of aryl methyl sites for hydroxylation is 1. The van der Waals surface area contributed by atoms with Crippen LogP contribution in [0.1, 0.15) is 36.1 Å². The van der Waals surface area contributed by atoms with Crippen molar-refractivity contribution in [2.45, 2.75) is 86.9 Å². The van der Waals surface area contributed by atoms with Gasteiger partial charge >= 0.3 is 0 Å². The van der Waals surface area contributed by atoms with Gasteiger partial charge in [-0.25, -0.2) is 0 Å². The van der Waals surface area contributed by atoms with Crippen molar-refractivity contribution in [1.29, 1.82) is 0 Å². The minimum absolute atomic E-state index is 0.156. The van der Waals surface area contributed by atoms with E-state index in [9.17, 15) is 35.1 Å². The van der Waals surface area contributed by atoms with Crippen molar-refractivity contribution in [3.05, 3.63) is 71.5 Å². The Morgan fingerprint density at radius 1 is 1.10 bits per heavy atom. The molecule has 6 N–H and O–H groups in total. The number of benzene rings is 2. The van der Waals surface area contributed by atoms with Crippen LogP contribution in [0, 0.1) is 5.92 Å². The molecule has 3 aliphatic heterocycles. The average molecular weight is 700 g/mol. The number of carbonyl (C=O) groups is 2. The first kappa shape index (κ1) is 35.2. The zero-order valence-electron chi connectivity index (χ0n) is 27.5. The molecule has 3 aliphatic rings. The van der Waals surface area contributed by atoms with Gasteiger partial charge in [0.15, 0.2) is 18.0 Å². The molecule has 16 heteroatoms. The molecule has 0 radical (unpaired) electrons. The molecule has 2 saturated heterocycles. The lowest BCUT2D eigenvalue weighted by atomic mass is 9.82. The van der Waals surface area contributed by atoms with Crippen molar-refractivity contribution in [1.82, 2.24) is 15.0 Å². The van der Waals surface area contributed by atoms with E-state index in [0.717, 1.165) is 5.56 Å². The molecule has 2 aromatic carbocycles. The van der Waals surface area contributed by atoms with E-state index >= 15 is 4.11 Å². The molecule has 49 heavy (non-hydrogen) atoms. The molecule has 3 aromatic rings. The quantitative estimate of drug-likeness (QED) is 0.138. The number of aromatic nitrogens is 3. The predicted octanol–water partition coefficient (Wildman–Crippen LogP) is 0.982. The monoisotopic (exact) mass is 699 g/mol. The summed E-state index contributed by atoms with van der Waals surface area (Å²) < 4.78 is 29.6. The Hall–Kier alpha value is -3.61. The van der Waals surface area contributed by atoms with Crippen LogP contribution in [-0.2, 0) is 31.2 Å². The second-order valence-corrected chi connectivity index (χ2v) is 17.4. The van der Waals surface area contributed by atoms with E-state index in [1.807, 2.05) is 37.3 Å². The van der Waals surface area contributed by atoms with Gasteiger partial charge in [-0.3, -0.25) is 14.3 Å². The number of aliphatic hydroxyl groups is 5. The topological polar surface area (TPSA) is 200 Å². The Kier molecular flexibility index (Phi) is 9.53. The first-order chi connectivity index (χ1) is 23.2. The highest BCUT2D eigenvalue weighted by Gasteiger charge is 2.66. The number of nitrogens with zero attached hydrogens (tertiary/aromatic N) is 4. The highest BCUT2D eigenvalue weighted by molar-refractivity contribution is 6.72. The maximum Gasteiger partial charge on any atom is 0.264 e. The Morgan fingerprint density at radius 3 is 2.49 bits per heavy atom. The number of aliphatic hydroxyl groups excluding tert-OH is 5. The van der Waals surface area contributed by atoms with Crippen LogP contribution in [0.4, 0.5) is 15.5 Å². The van der Waals surface area contributed by atoms with Crippen molar-refractivity contribution < 1.29 is 48.7 Å². The number of likely N-dealkylation sites (N-methyl/N-ethyl adjacent to an activating group) is 1. The molecule has 264 valence electrons. The van der Waals surface area contributed by atoms with Gasteiger partial charge in [0.25, 0.3) is 11.8 Å². The molecule has 1 aromatic heterocycles. The van der Waals surface area contributed by atoms with Gasteiger partial charge in [-0.1, -0.05) is 42.5 Å². The summed E-state index contributed by atoms with van der Waals surface area (Å²) >= 11 is 0. The first-order valence-electron chi connectivity index (χ1n) is 16.2. The van der Waals surface area contributed by atoms with Crippen LogP contribution in [0.5, 0.6) is 0 Å². The van der Waals surface area contributed by atoms with Crippen LogP contribution in [0.3, 0.4) is 0 Å². The first-order valence-corrected chi connectivity index (χ1v) is 19.2. The van der Waals surface area contributed by atoms with E-state index < -0.39 is 68.2 Å². The number of anilines is 2. The highest BCUT2D eigenvalue weighted by Crippen LogP contribution is 2.60. The van der Waals surface area contributed by atoms with Gasteiger partial charge in [0.05, 0.1) is 30.0 Å². The van der Waals surface area contributed by atoms with E-state index in [1.165, 1.54) is 11.0 Å². The molecule has 2 fully saturated rings. The molecule has 0 saturated carbocycles. The molecule has 4 heterocycles. The molecule has 6 rings (SSSR count). The van der Waals surface area contributed by atoms with Crippen LogP contribution in [0.2, 0.25) is 18.6 Å². The summed E-state index contributed by atoms with van der Waals surface area (Å²) in [4.78, 5) is 28.6. The number of rotatable bonds is 9. The number of nitrogens with one attached hydrogen (secondary N) is 1. The number of halogens is 1. The Bertz CT molecular complexity index is 1690. The van der Waals surface area contributed by atoms with Crippen LogP contribution in [0.15, 0.2) is 54.7 Å². The van der Waals surface area contributed by atoms with Gasteiger partial charge in [0, 0.05) is 42.5 Å². The molecule has 2 amide bonds. The Labute approximate surface area is 283 Å². The molecule has 14 nitrogen and oxygen atoms in total. The molecule has 10 atom stereocenters. The summed E-state index contributed by atoms with van der Waals surface area (Å²) in [6.07, 6.45) is -7.65. The normalized spacial score (nSPS) is 32.0. The predicted molar refractivity (Wildman–Crippen MR) is 175 cm³/mol. The van der Waals surface area contributed by atoms with Crippen LogP contribution >= 0.6 is 0 Å². The lowest BCUT2D eigenvalue weighted by Gasteiger charge is -2.37. The van der Waals surface area contributed by atoms with Gasteiger partial charge in [-0.15, -0.1) is 5.10 Å². The minimum Gasteiger partial charge on any atom is -0.395 e. The maximum absolute atomic E-state index is 16.2. The van der Waals surface area contributed by atoms with Crippen LogP contribution in [-0.4, -0.2) is 111 Å². The number of carbonyl (C=O) groups excluding carboxylic acids is 2. The summed E-state index contributed by atoms with van der Waals surface area (Å²) in [5, 5.41) is 61.3. The second kappa shape index (κ2) is 13.3. The van der Waals surface area contributed by atoms with Crippen molar-refractivity contribution in [3.8, 4) is 0 Å². The highest BCUT2D eigenvalue weighted by atomic mass is 28.4. The summed E-state index contributed by atoms with van der Waals surface area (Å²) in [5.74, 6) is -2.23. The molecule has 1 unspecified atom stereocenters. The van der Waals surface area contributed by atoms with Gasteiger partial charge in [0.2, 0.25) is 8.41 Å². The minimum atomic E-state index is -3.46. The largest absolute Gasteiger partial charge is 0.395 e. The summed E-state index contributed by atoms with van der Waals surface area (Å²) in [5.41, 5.74) is 0.498. The van der Waals surface area contributed by atoms with Gasteiger partial charge in [-0.2, -0.15) is 0 Å². The van der Waals surface area contributed by atoms with Crippen LogP contribution < -0.4 is 10.2 Å². The fourth-order valence-electron chi connectivity index (χ4n) is 7.69. The van der Waals surface area contributed by atoms with Crippen molar-refractivity contribution in [2.75, 3.05) is 23.9 Å². The number of hydrogen-bond donors (Lipinski definition) is 6. The van der Waals surface area contributed by atoms with E-state index in [1.54, 1.807) is 43.2 Å². The van der Waals surface area contributed by atoms with Gasteiger partial charge in [0.1, 0.15) is 18.3 Å². The average Bonchev–Trinajstić information content (AvgIpc) is 3.72. The summed E-state index contributed by atoms with van der Waals surface area (Å²) in [6.45, 7) is 5.16.